The second-order valence-electron chi connectivity index (χ2n) is 9.57. The first-order valence-corrected chi connectivity index (χ1v) is 13.5. The second-order valence-corrected chi connectivity index (χ2v) is 11.7. The molecule has 0 spiro atoms. The van der Waals surface area contributed by atoms with Crippen molar-refractivity contribution >= 4 is 44.3 Å². The number of hydrogen-bond donors (Lipinski definition) is 2. The fourth-order valence-electron chi connectivity index (χ4n) is 5.00. The van der Waals surface area contributed by atoms with Crippen molar-refractivity contribution in [3.8, 4) is 0 Å². The minimum Gasteiger partial charge on any atom is -0.324 e. The number of aryl methyl sites for hydroxylation is 1. The zero-order chi connectivity index (χ0) is 24.0. The molecule has 2 saturated carbocycles. The summed E-state index contributed by atoms with van der Waals surface area (Å²) >= 11 is 6.21. The maximum absolute atomic E-state index is 12.8. The van der Waals surface area contributed by atoms with Crippen LogP contribution in [0.4, 0.5) is 11.6 Å². The number of halogens is 1. The molecule has 8 nitrogen and oxygen atoms in total. The van der Waals surface area contributed by atoms with Crippen molar-refractivity contribution in [1.29, 1.82) is 0 Å². The molecule has 0 aliphatic heterocycles. The summed E-state index contributed by atoms with van der Waals surface area (Å²) in [6.45, 7) is 3.95. The summed E-state index contributed by atoms with van der Waals surface area (Å²) < 4.78 is 30.0. The Morgan fingerprint density at radius 2 is 1.88 bits per heavy atom. The predicted molar refractivity (Wildman–Crippen MR) is 133 cm³/mol. The van der Waals surface area contributed by atoms with Gasteiger partial charge in [0.2, 0.25) is 16.0 Å². The summed E-state index contributed by atoms with van der Waals surface area (Å²) in [5.74, 6) is 0.894. The van der Waals surface area contributed by atoms with Crippen LogP contribution in [0.1, 0.15) is 57.1 Å². The van der Waals surface area contributed by atoms with Gasteiger partial charge in [-0.2, -0.15) is 4.98 Å². The van der Waals surface area contributed by atoms with Crippen LogP contribution in [0, 0.1) is 12.8 Å². The highest BCUT2D eigenvalue weighted by molar-refractivity contribution is 7.89. The van der Waals surface area contributed by atoms with Gasteiger partial charge in [-0.25, -0.2) is 18.1 Å². The van der Waals surface area contributed by atoms with Crippen LogP contribution < -0.4 is 15.6 Å². The van der Waals surface area contributed by atoms with E-state index in [2.05, 4.69) is 26.9 Å². The van der Waals surface area contributed by atoms with Crippen LogP contribution in [0.15, 0.2) is 40.2 Å². The Hall–Kier alpha value is -2.49. The number of nitrogens with one attached hydrogen (secondary N) is 2. The van der Waals surface area contributed by atoms with Crippen LogP contribution in [0.25, 0.3) is 11.0 Å². The number of aromatic nitrogens is 3. The standard InChI is InChI=1S/C24H28ClN5O3S/c1-14-9-17(10-14)29-34(32,33)19-7-8-21(15(2)11-19)27-24-26-13-16-12-20(25)23(31)30(22(16)28-24)18-5-3-4-6-18/h7-8,11-14,17-18,29H,3-6,9-10H2,1-2H3,(H,26,27,28)/t14-,17-. The van der Waals surface area contributed by atoms with E-state index in [1.165, 1.54) is 0 Å². The largest absolute Gasteiger partial charge is 0.324 e. The molecule has 0 atom stereocenters. The molecule has 0 unspecified atom stereocenters. The van der Waals surface area contributed by atoms with E-state index in [-0.39, 0.29) is 27.6 Å². The van der Waals surface area contributed by atoms with E-state index in [1.54, 1.807) is 35.0 Å². The second kappa shape index (κ2) is 8.94. The number of sulfonamides is 1. The lowest BCUT2D eigenvalue weighted by Crippen LogP contribution is -2.43. The molecule has 2 aliphatic rings. The SMILES string of the molecule is Cc1cc(S(=O)(=O)N[C@H]2C[C@H](C)C2)ccc1Nc1ncc2cc(Cl)c(=O)n(C3CCCC3)c2n1. The maximum Gasteiger partial charge on any atom is 0.271 e. The van der Waals surface area contributed by atoms with Crippen LogP contribution in [0.5, 0.6) is 0 Å². The molecule has 3 aromatic rings. The molecule has 0 bridgehead atoms. The molecule has 0 amide bonds. The normalized spacial score (nSPS) is 21.0. The molecule has 5 rings (SSSR count). The quantitative estimate of drug-likeness (QED) is 0.507. The molecule has 34 heavy (non-hydrogen) atoms. The average molecular weight is 502 g/mol. The van der Waals surface area contributed by atoms with E-state index in [4.69, 9.17) is 11.6 Å². The van der Waals surface area contributed by atoms with Gasteiger partial charge in [0.1, 0.15) is 10.7 Å². The Labute approximate surface area is 203 Å². The summed E-state index contributed by atoms with van der Waals surface area (Å²) in [6, 6.07) is 6.63. The van der Waals surface area contributed by atoms with Gasteiger partial charge in [-0.15, -0.1) is 0 Å². The topological polar surface area (TPSA) is 106 Å². The van der Waals surface area contributed by atoms with Crippen LogP contribution in [0.3, 0.4) is 0 Å². The van der Waals surface area contributed by atoms with E-state index in [1.807, 2.05) is 6.92 Å². The fraction of sp³-hybridized carbons (Fsp3) is 0.458. The maximum atomic E-state index is 12.8. The first kappa shape index (κ1) is 23.3. The summed E-state index contributed by atoms with van der Waals surface area (Å²) in [5, 5.41) is 4.05. The van der Waals surface area contributed by atoms with Crippen molar-refractivity contribution < 1.29 is 8.42 Å². The summed E-state index contributed by atoms with van der Waals surface area (Å²) in [7, 11) is -3.57. The van der Waals surface area contributed by atoms with Crippen LogP contribution in [-0.4, -0.2) is 29.0 Å². The highest BCUT2D eigenvalue weighted by Gasteiger charge is 2.30. The summed E-state index contributed by atoms with van der Waals surface area (Å²) in [4.78, 5) is 22.1. The van der Waals surface area contributed by atoms with Crippen molar-refractivity contribution in [2.75, 3.05) is 5.32 Å². The van der Waals surface area contributed by atoms with Crippen LogP contribution in [0.2, 0.25) is 5.02 Å². The molecule has 2 fully saturated rings. The van der Waals surface area contributed by atoms with Crippen molar-refractivity contribution in [2.24, 2.45) is 5.92 Å². The lowest BCUT2D eigenvalue weighted by atomic mass is 9.83. The Morgan fingerprint density at radius 3 is 2.56 bits per heavy atom. The minimum absolute atomic E-state index is 0.00933. The molecule has 10 heteroatoms. The number of anilines is 2. The van der Waals surface area contributed by atoms with E-state index in [0.29, 0.717) is 28.6 Å². The van der Waals surface area contributed by atoms with Gasteiger partial charge < -0.3 is 5.32 Å². The molecule has 2 aromatic heterocycles. The number of pyridine rings is 1. The summed E-state index contributed by atoms with van der Waals surface area (Å²) in [6.07, 6.45) is 7.38. The third kappa shape index (κ3) is 4.44. The number of hydrogen-bond acceptors (Lipinski definition) is 6. The smallest absolute Gasteiger partial charge is 0.271 e. The summed E-state index contributed by atoms with van der Waals surface area (Å²) in [5.41, 5.74) is 1.76. The number of rotatable bonds is 6. The highest BCUT2D eigenvalue weighted by atomic mass is 35.5. The van der Waals surface area contributed by atoms with Gasteiger partial charge in [0.05, 0.1) is 4.90 Å². The van der Waals surface area contributed by atoms with E-state index in [0.717, 1.165) is 44.1 Å². The van der Waals surface area contributed by atoms with E-state index < -0.39 is 10.0 Å². The molecule has 1 aromatic carbocycles. The van der Waals surface area contributed by atoms with Gasteiger partial charge in [-0.05, 0) is 68.4 Å². The first-order valence-electron chi connectivity index (χ1n) is 11.7. The first-order chi connectivity index (χ1) is 16.2. The van der Waals surface area contributed by atoms with Gasteiger partial charge in [0.15, 0.2) is 0 Å². The third-order valence-electron chi connectivity index (χ3n) is 6.87. The monoisotopic (exact) mass is 501 g/mol. The Morgan fingerprint density at radius 1 is 1.15 bits per heavy atom. The van der Waals surface area contributed by atoms with Gasteiger partial charge in [-0.3, -0.25) is 9.36 Å². The van der Waals surface area contributed by atoms with Crippen molar-refractivity contribution in [3.05, 3.63) is 51.4 Å². The molecule has 2 N–H and O–H groups in total. The molecule has 180 valence electrons. The predicted octanol–water partition coefficient (Wildman–Crippen LogP) is 4.69. The number of benzene rings is 1. The van der Waals surface area contributed by atoms with Crippen molar-refractivity contribution in [2.45, 2.75) is 69.4 Å². The van der Waals surface area contributed by atoms with Gasteiger partial charge in [0, 0.05) is 29.4 Å². The lowest BCUT2D eigenvalue weighted by molar-refractivity contribution is 0.270. The zero-order valence-electron chi connectivity index (χ0n) is 19.2. The molecule has 0 radical (unpaired) electrons. The van der Waals surface area contributed by atoms with Gasteiger partial charge >= 0.3 is 0 Å². The number of nitrogens with zero attached hydrogens (tertiary/aromatic N) is 3. The van der Waals surface area contributed by atoms with Crippen molar-refractivity contribution in [1.82, 2.24) is 19.3 Å². The van der Waals surface area contributed by atoms with E-state index in [9.17, 15) is 13.2 Å². The Kier molecular flexibility index (Phi) is 6.12. The van der Waals surface area contributed by atoms with Gasteiger partial charge in [0.25, 0.3) is 5.56 Å². The van der Waals surface area contributed by atoms with Crippen LogP contribution >= 0.6 is 11.6 Å². The average Bonchev–Trinajstić information content (AvgIpc) is 3.29. The zero-order valence-corrected chi connectivity index (χ0v) is 20.8. The van der Waals surface area contributed by atoms with Crippen LogP contribution in [-0.2, 0) is 10.0 Å². The Bertz CT molecular complexity index is 1410. The highest BCUT2D eigenvalue weighted by Crippen LogP contribution is 2.32. The Balaban J connectivity index is 1.43. The molecule has 0 saturated heterocycles. The fourth-order valence-corrected chi connectivity index (χ4v) is 6.55. The van der Waals surface area contributed by atoms with Crippen molar-refractivity contribution in [3.63, 3.8) is 0 Å². The molecular weight excluding hydrogens is 474 g/mol. The molecular formula is C24H28ClN5O3S. The molecule has 2 heterocycles. The van der Waals surface area contributed by atoms with Gasteiger partial charge in [-0.1, -0.05) is 31.4 Å². The number of fused-ring (bicyclic) bond motifs is 1. The third-order valence-corrected chi connectivity index (χ3v) is 8.66. The lowest BCUT2D eigenvalue weighted by Gasteiger charge is -2.32. The van der Waals surface area contributed by atoms with E-state index >= 15 is 0 Å². The minimum atomic E-state index is -3.57. The molecule has 2 aliphatic carbocycles.